The molecule has 15 heteroatoms. The fourth-order valence-electron chi connectivity index (χ4n) is 3.60. The summed E-state index contributed by atoms with van der Waals surface area (Å²) < 4.78 is 78.9. The lowest BCUT2D eigenvalue weighted by Gasteiger charge is -2.25. The number of aliphatic carboxylic acids is 2. The number of alkyl halides is 6. The lowest BCUT2D eigenvalue weighted by molar-refractivity contribution is -0.145. The molecule has 1 heterocycles. The average molecular weight is 527 g/mol. The zero-order chi connectivity index (χ0) is 27.6. The van der Waals surface area contributed by atoms with Crippen LogP contribution < -0.4 is 5.32 Å². The quantitative estimate of drug-likeness (QED) is 0.315. The van der Waals surface area contributed by atoms with E-state index in [1.54, 1.807) is 13.8 Å². The molecular weight excluding hydrogens is 504 g/mol. The number of carbonyl (C=O) groups excluding carboxylic acids is 2. The third-order valence-electron chi connectivity index (χ3n) is 5.30. The molecule has 200 valence electrons. The van der Waals surface area contributed by atoms with Crippen LogP contribution in [0.1, 0.15) is 37.0 Å². The summed E-state index contributed by atoms with van der Waals surface area (Å²) in [4.78, 5) is 49.2. The molecule has 0 aromatic heterocycles. The first-order valence-electron chi connectivity index (χ1n) is 10.5. The summed E-state index contributed by atoms with van der Waals surface area (Å²) in [6, 6.07) is -3.32. The Morgan fingerprint density at radius 2 is 1.58 bits per heavy atom. The zero-order valence-corrected chi connectivity index (χ0v) is 19.0. The minimum atomic E-state index is -5.19. The Hall–Kier alpha value is -3.36. The predicted octanol–water partition coefficient (Wildman–Crippen LogP) is 3.03. The van der Waals surface area contributed by atoms with E-state index in [1.807, 2.05) is 0 Å². The highest BCUT2D eigenvalue weighted by atomic mass is 19.4. The maximum atomic E-state index is 13.4. The van der Waals surface area contributed by atoms with Crippen molar-refractivity contribution in [2.24, 2.45) is 5.92 Å². The van der Waals surface area contributed by atoms with Gasteiger partial charge in [0, 0.05) is 6.54 Å². The number of nitrogens with zero attached hydrogens (tertiary/aromatic N) is 2. The molecule has 1 aliphatic rings. The number of hydrogen-bond donors (Lipinski definition) is 3. The molecule has 0 saturated carbocycles. The molecule has 0 aliphatic carbocycles. The molecule has 1 aromatic carbocycles. The molecule has 1 fully saturated rings. The predicted molar refractivity (Wildman–Crippen MR) is 109 cm³/mol. The number of nitrogens with one attached hydrogen (secondary N) is 1. The Morgan fingerprint density at radius 3 is 2.06 bits per heavy atom. The lowest BCUT2D eigenvalue weighted by atomic mass is 10.0. The van der Waals surface area contributed by atoms with E-state index in [1.165, 1.54) is 0 Å². The van der Waals surface area contributed by atoms with Crippen LogP contribution in [-0.4, -0.2) is 69.1 Å². The number of benzene rings is 1. The van der Waals surface area contributed by atoms with Crippen molar-refractivity contribution in [1.82, 2.24) is 15.1 Å². The number of urea groups is 1. The van der Waals surface area contributed by atoms with E-state index in [2.05, 4.69) is 5.32 Å². The van der Waals surface area contributed by atoms with Crippen LogP contribution in [0.4, 0.5) is 31.1 Å². The molecule has 2 rings (SSSR count). The molecule has 3 N–H and O–H groups in total. The van der Waals surface area contributed by atoms with Gasteiger partial charge in [0.15, 0.2) is 0 Å². The minimum absolute atomic E-state index is 0.0290. The van der Waals surface area contributed by atoms with Crippen LogP contribution in [0.3, 0.4) is 0 Å². The smallest absolute Gasteiger partial charge is 0.416 e. The van der Waals surface area contributed by atoms with Gasteiger partial charge in [0.1, 0.15) is 18.6 Å². The van der Waals surface area contributed by atoms with E-state index < -0.39 is 84.6 Å². The molecule has 1 saturated heterocycles. The summed E-state index contributed by atoms with van der Waals surface area (Å²) in [5.41, 5.74) is -3.89. The van der Waals surface area contributed by atoms with Gasteiger partial charge in [-0.2, -0.15) is 26.3 Å². The van der Waals surface area contributed by atoms with Crippen molar-refractivity contribution < 1.29 is 55.7 Å². The van der Waals surface area contributed by atoms with Gasteiger partial charge in [0.2, 0.25) is 5.91 Å². The number of rotatable bonds is 10. The maximum Gasteiger partial charge on any atom is 0.416 e. The Labute approximate surface area is 200 Å². The summed E-state index contributed by atoms with van der Waals surface area (Å²) in [5, 5.41) is 21.1. The van der Waals surface area contributed by atoms with Crippen molar-refractivity contribution in [3.05, 3.63) is 34.9 Å². The molecule has 9 nitrogen and oxygen atoms in total. The number of imide groups is 1. The SMILES string of the molecule is CC(C)CC(NC(CN1C(=O)CN(Cc2ccc(C(F)(F)F)cc2C(F)(F)F)C1=O)C(=O)O)C(=O)O. The Balaban J connectivity index is 2.25. The van der Waals surface area contributed by atoms with Crippen LogP contribution in [0.2, 0.25) is 0 Å². The normalized spacial score (nSPS) is 16.6. The van der Waals surface area contributed by atoms with Crippen LogP contribution in [0.5, 0.6) is 0 Å². The van der Waals surface area contributed by atoms with Gasteiger partial charge in [0.25, 0.3) is 0 Å². The highest BCUT2D eigenvalue weighted by molar-refractivity contribution is 6.02. The third kappa shape index (κ3) is 7.08. The van der Waals surface area contributed by atoms with Gasteiger partial charge in [-0.25, -0.2) is 4.79 Å². The van der Waals surface area contributed by atoms with Crippen molar-refractivity contribution >= 4 is 23.9 Å². The monoisotopic (exact) mass is 527 g/mol. The van der Waals surface area contributed by atoms with E-state index in [4.69, 9.17) is 0 Å². The topological polar surface area (TPSA) is 127 Å². The molecule has 2 unspecified atom stereocenters. The highest BCUT2D eigenvalue weighted by Crippen LogP contribution is 2.38. The third-order valence-corrected chi connectivity index (χ3v) is 5.30. The van der Waals surface area contributed by atoms with Crippen molar-refractivity contribution in [3.63, 3.8) is 0 Å². The maximum absolute atomic E-state index is 13.4. The number of hydrogen-bond acceptors (Lipinski definition) is 5. The molecule has 3 amide bonds. The van der Waals surface area contributed by atoms with E-state index in [0.717, 1.165) is 0 Å². The lowest BCUT2D eigenvalue weighted by Crippen LogP contribution is -2.53. The highest BCUT2D eigenvalue weighted by Gasteiger charge is 2.42. The van der Waals surface area contributed by atoms with E-state index in [0.29, 0.717) is 21.9 Å². The molecule has 0 bridgehead atoms. The second kappa shape index (κ2) is 10.7. The van der Waals surface area contributed by atoms with Crippen LogP contribution >= 0.6 is 0 Å². The molecule has 0 radical (unpaired) electrons. The number of halogens is 6. The van der Waals surface area contributed by atoms with Gasteiger partial charge < -0.3 is 15.1 Å². The minimum Gasteiger partial charge on any atom is -0.480 e. The first-order valence-corrected chi connectivity index (χ1v) is 10.5. The standard InChI is InChI=1S/C21H23F6N3O6/c1-10(2)5-14(17(32)33)28-15(18(34)35)8-30-16(31)9-29(19(30)36)7-11-3-4-12(20(22,23)24)6-13(11)21(25,26)27/h3-4,6,10,14-15,28H,5,7-9H2,1-2H3,(H,32,33)(H,34,35). The first kappa shape index (κ1) is 28.9. The fourth-order valence-corrected chi connectivity index (χ4v) is 3.60. The number of carbonyl (C=O) groups is 4. The first-order chi connectivity index (χ1) is 16.4. The van der Waals surface area contributed by atoms with Crippen LogP contribution in [0.25, 0.3) is 0 Å². The van der Waals surface area contributed by atoms with Gasteiger partial charge in [-0.3, -0.25) is 24.6 Å². The summed E-state index contributed by atoms with van der Waals surface area (Å²) in [6.45, 7) is 0.942. The van der Waals surface area contributed by atoms with Gasteiger partial charge in [-0.15, -0.1) is 0 Å². The van der Waals surface area contributed by atoms with Crippen molar-refractivity contribution in [2.45, 2.75) is 51.2 Å². The molecular formula is C21H23F6N3O6. The molecule has 1 aromatic rings. The summed E-state index contributed by atoms with van der Waals surface area (Å²) in [6.07, 6.45) is -10.2. The summed E-state index contributed by atoms with van der Waals surface area (Å²) in [7, 11) is 0. The van der Waals surface area contributed by atoms with E-state index in [-0.39, 0.29) is 18.4 Å². The van der Waals surface area contributed by atoms with Crippen LogP contribution in [0.15, 0.2) is 18.2 Å². The Morgan fingerprint density at radius 1 is 1.00 bits per heavy atom. The van der Waals surface area contributed by atoms with Gasteiger partial charge in [0.05, 0.1) is 17.7 Å². The van der Waals surface area contributed by atoms with Gasteiger partial charge >= 0.3 is 30.3 Å². The zero-order valence-electron chi connectivity index (χ0n) is 19.0. The van der Waals surface area contributed by atoms with Gasteiger partial charge in [-0.05, 0) is 30.0 Å². The Bertz CT molecular complexity index is 1030. The largest absolute Gasteiger partial charge is 0.480 e. The van der Waals surface area contributed by atoms with Crippen molar-refractivity contribution in [1.29, 1.82) is 0 Å². The summed E-state index contributed by atoms with van der Waals surface area (Å²) in [5.74, 6) is -4.06. The number of carboxylic acid groups (broad SMARTS) is 2. The molecule has 36 heavy (non-hydrogen) atoms. The van der Waals surface area contributed by atoms with Crippen molar-refractivity contribution in [3.8, 4) is 0 Å². The van der Waals surface area contributed by atoms with Crippen LogP contribution in [-0.2, 0) is 33.3 Å². The Kier molecular flexibility index (Phi) is 8.60. The van der Waals surface area contributed by atoms with Gasteiger partial charge in [-0.1, -0.05) is 19.9 Å². The van der Waals surface area contributed by atoms with E-state index in [9.17, 15) is 55.7 Å². The second-order valence-electron chi connectivity index (χ2n) is 8.59. The molecule has 0 spiro atoms. The number of amides is 3. The number of carboxylic acids is 2. The summed E-state index contributed by atoms with van der Waals surface area (Å²) >= 11 is 0. The molecule has 1 aliphatic heterocycles. The van der Waals surface area contributed by atoms with Crippen LogP contribution in [0, 0.1) is 5.92 Å². The van der Waals surface area contributed by atoms with Crippen molar-refractivity contribution in [2.75, 3.05) is 13.1 Å². The fraction of sp³-hybridized carbons (Fsp3) is 0.524. The second-order valence-corrected chi connectivity index (χ2v) is 8.59. The van der Waals surface area contributed by atoms with E-state index >= 15 is 0 Å². The molecule has 2 atom stereocenters. The average Bonchev–Trinajstić information content (AvgIpc) is 2.97.